The first-order valence-electron chi connectivity index (χ1n) is 14.4. The fourth-order valence-corrected chi connectivity index (χ4v) is 6.79. The van der Waals surface area contributed by atoms with Crippen molar-refractivity contribution in [2.45, 2.75) is 88.8 Å². The number of aliphatic imine (C=N–C) groups is 1. The molecule has 1 aromatic carbocycles. The highest BCUT2D eigenvalue weighted by Gasteiger charge is 2.50. The van der Waals surface area contributed by atoms with E-state index in [2.05, 4.69) is 39.9 Å². The van der Waals surface area contributed by atoms with E-state index in [1.807, 2.05) is 0 Å². The van der Waals surface area contributed by atoms with Gasteiger partial charge < -0.3 is 19.5 Å². The summed E-state index contributed by atoms with van der Waals surface area (Å²) in [7, 11) is -0.244. The molecule has 0 bridgehead atoms. The number of rotatable bonds is 10. The van der Waals surface area contributed by atoms with Gasteiger partial charge in [0, 0.05) is 20.2 Å². The molecule has 1 N–H and O–H groups in total. The minimum absolute atomic E-state index is 0.0429. The average Bonchev–Trinajstić information content (AvgIpc) is 2.91. The lowest BCUT2D eigenvalue weighted by atomic mass is 9.81. The van der Waals surface area contributed by atoms with Gasteiger partial charge >= 0.3 is 11.9 Å². The van der Waals surface area contributed by atoms with Crippen molar-refractivity contribution in [2.24, 2.45) is 4.99 Å². The number of amidine groups is 1. The molecule has 9 nitrogen and oxygen atoms in total. The number of halogens is 3. The van der Waals surface area contributed by atoms with E-state index >= 15 is 8.78 Å². The number of esters is 2. The lowest BCUT2D eigenvalue weighted by Crippen LogP contribution is -2.56. The summed E-state index contributed by atoms with van der Waals surface area (Å²) in [5, 5.41) is 3.50. The molecule has 14 heteroatoms. The van der Waals surface area contributed by atoms with Crippen LogP contribution in [-0.2, 0) is 29.3 Å². The molecule has 0 amide bonds. The van der Waals surface area contributed by atoms with E-state index in [1.54, 1.807) is 34.6 Å². The van der Waals surface area contributed by atoms with E-state index in [0.717, 1.165) is 17.8 Å². The second-order valence-corrected chi connectivity index (χ2v) is 20.9. The molecule has 1 aromatic heterocycles. The van der Waals surface area contributed by atoms with Crippen molar-refractivity contribution < 1.29 is 32.6 Å². The summed E-state index contributed by atoms with van der Waals surface area (Å²) in [5.74, 6) is -2.56. The van der Waals surface area contributed by atoms with Crippen molar-refractivity contribution in [1.29, 1.82) is 0 Å². The van der Waals surface area contributed by atoms with Crippen molar-refractivity contribution in [2.75, 3.05) is 13.7 Å². The van der Waals surface area contributed by atoms with E-state index in [4.69, 9.17) is 25.8 Å². The fourth-order valence-electron chi connectivity index (χ4n) is 4.59. The zero-order valence-corrected chi connectivity index (χ0v) is 29.7. The molecular formula is C31H41ClF2N4O5SSi. The second kappa shape index (κ2) is 14.3. The topological polar surface area (TPSA) is 112 Å². The number of thioether (sulfide) groups is 1. The molecule has 2 aromatic rings. The number of hydrogen-bond donors (Lipinski definition) is 1. The molecule has 0 aliphatic carbocycles. The third kappa shape index (κ3) is 10.3. The van der Waals surface area contributed by atoms with Gasteiger partial charge in [0.2, 0.25) is 6.23 Å². The van der Waals surface area contributed by atoms with Crippen LogP contribution in [0.3, 0.4) is 0 Å². The zero-order valence-electron chi connectivity index (χ0n) is 27.1. The molecule has 1 aliphatic heterocycles. The molecule has 1 fully saturated rings. The second-order valence-electron chi connectivity index (χ2n) is 13.4. The van der Waals surface area contributed by atoms with Crippen LogP contribution in [0.4, 0.5) is 8.78 Å². The molecule has 1 saturated heterocycles. The lowest BCUT2D eigenvalue weighted by Gasteiger charge is -2.44. The van der Waals surface area contributed by atoms with E-state index < -0.39 is 53.8 Å². The quantitative estimate of drug-likeness (QED) is 0.209. The number of carbonyl (C=O) groups is 2. The fraction of sp³-hybridized carbons (Fsp3) is 0.516. The number of aromatic nitrogens is 2. The third-order valence-corrected chi connectivity index (χ3v) is 9.79. The van der Waals surface area contributed by atoms with E-state index in [-0.39, 0.29) is 34.6 Å². The van der Waals surface area contributed by atoms with Crippen LogP contribution in [0.1, 0.15) is 57.9 Å². The number of nitrogens with one attached hydrogen (secondary N) is 1. The molecule has 0 radical (unpaired) electrons. The van der Waals surface area contributed by atoms with E-state index in [1.165, 1.54) is 43.8 Å². The first-order chi connectivity index (χ1) is 20.7. The van der Waals surface area contributed by atoms with E-state index in [9.17, 15) is 9.59 Å². The Labute approximate surface area is 273 Å². The van der Waals surface area contributed by atoms with Crippen LogP contribution < -0.4 is 5.32 Å². The van der Waals surface area contributed by atoms with Crippen LogP contribution >= 0.6 is 23.4 Å². The predicted octanol–water partition coefficient (Wildman–Crippen LogP) is 6.99. The smallest absolute Gasteiger partial charge is 0.359 e. The molecule has 0 saturated carbocycles. The van der Waals surface area contributed by atoms with Crippen LogP contribution in [0, 0.1) is 5.82 Å². The highest BCUT2D eigenvalue weighted by Crippen LogP contribution is 2.45. The van der Waals surface area contributed by atoms with Crippen LogP contribution in [-0.4, -0.2) is 65.4 Å². The number of hydrogen-bond acceptors (Lipinski definition) is 9. The molecule has 246 valence electrons. The number of methoxy groups -OCH3 is 1. The maximum atomic E-state index is 15.6. The molecule has 1 aliphatic rings. The zero-order chi connectivity index (χ0) is 33.8. The normalized spacial score (nSPS) is 22.5. The Bertz CT molecular complexity index is 1470. The maximum Gasteiger partial charge on any atom is 0.359 e. The molecule has 3 rings (SSSR count). The van der Waals surface area contributed by atoms with Crippen molar-refractivity contribution in [3.05, 3.63) is 58.4 Å². The Kier molecular flexibility index (Phi) is 11.6. The van der Waals surface area contributed by atoms with Crippen molar-refractivity contribution >= 4 is 60.4 Å². The third-order valence-electron chi connectivity index (χ3n) is 6.73. The first kappa shape index (κ1) is 36.6. The SMILES string of the molecule is COC(=O)[C@]1(C)C[C@@](C)(c2cc(/C=C(\F)c3cnc(Cl)cn3)ccc2F)N/C(=N/[C@@H](OCC[Si](C)(C)C)C(=O)OC(C)(C)C)S1. The summed E-state index contributed by atoms with van der Waals surface area (Å²) in [6, 6.07) is 4.89. The summed E-state index contributed by atoms with van der Waals surface area (Å²) in [5.41, 5.74) is -1.62. The van der Waals surface area contributed by atoms with Crippen molar-refractivity contribution in [3.63, 3.8) is 0 Å². The van der Waals surface area contributed by atoms with Gasteiger partial charge in [-0.2, -0.15) is 0 Å². The summed E-state index contributed by atoms with van der Waals surface area (Å²) >= 11 is 6.81. The highest BCUT2D eigenvalue weighted by atomic mass is 35.5. The largest absolute Gasteiger partial charge is 0.468 e. The predicted molar refractivity (Wildman–Crippen MR) is 177 cm³/mol. The maximum absolute atomic E-state index is 15.6. The Morgan fingerprint density at radius 3 is 2.49 bits per heavy atom. The van der Waals surface area contributed by atoms with Gasteiger partial charge in [-0.15, -0.1) is 0 Å². The van der Waals surface area contributed by atoms with Crippen LogP contribution in [0.25, 0.3) is 11.9 Å². The molecule has 3 atom stereocenters. The minimum atomic E-state index is -1.51. The summed E-state index contributed by atoms with van der Waals surface area (Å²) in [6.45, 7) is 15.4. The van der Waals surface area contributed by atoms with Gasteiger partial charge in [0.15, 0.2) is 11.0 Å². The Hall–Kier alpha value is -2.87. The van der Waals surface area contributed by atoms with Gasteiger partial charge in [-0.1, -0.05) is 49.1 Å². The van der Waals surface area contributed by atoms with Crippen LogP contribution in [0.15, 0.2) is 35.6 Å². The van der Waals surface area contributed by atoms with Crippen molar-refractivity contribution in [1.82, 2.24) is 15.3 Å². The molecule has 45 heavy (non-hydrogen) atoms. The molecule has 0 spiro atoms. The summed E-state index contributed by atoms with van der Waals surface area (Å²) in [4.78, 5) is 38.7. The van der Waals surface area contributed by atoms with Gasteiger partial charge in [-0.25, -0.2) is 28.5 Å². The molecular weight excluding hydrogens is 642 g/mol. The Morgan fingerprint density at radius 1 is 1.22 bits per heavy atom. The van der Waals surface area contributed by atoms with E-state index in [0.29, 0.717) is 5.56 Å². The minimum Gasteiger partial charge on any atom is -0.468 e. The Morgan fingerprint density at radius 2 is 1.91 bits per heavy atom. The first-order valence-corrected chi connectivity index (χ1v) is 19.3. The van der Waals surface area contributed by atoms with Crippen LogP contribution in [0.2, 0.25) is 30.8 Å². The number of nitrogens with zero attached hydrogens (tertiary/aromatic N) is 3. The van der Waals surface area contributed by atoms with Crippen LogP contribution in [0.5, 0.6) is 0 Å². The summed E-state index contributed by atoms with van der Waals surface area (Å²) < 4.78 is 46.0. The monoisotopic (exact) mass is 682 g/mol. The number of ether oxygens (including phenoxy) is 3. The van der Waals surface area contributed by atoms with Gasteiger partial charge in [0.1, 0.15) is 27.0 Å². The molecule has 0 unspecified atom stereocenters. The average molecular weight is 683 g/mol. The standard InChI is InChI=1S/C31H41ClF2N4O5SSi/c1-29(2,3)43-26(39)25(42-12-13-45(7,8)9)37-28-38-30(4,18-31(5,44-28)27(40)41-6)20-14-19(10-11-21(20)33)15-22(34)23-16-36-24(32)17-35-23/h10-11,14-17,25H,12-13,18H2,1-9H3,(H,37,38)/b22-15-/t25-,30-,31-/m0/s1. The van der Waals surface area contributed by atoms with Crippen molar-refractivity contribution in [3.8, 4) is 0 Å². The summed E-state index contributed by atoms with van der Waals surface area (Å²) in [6.07, 6.45) is 2.34. The molecule has 2 heterocycles. The Balaban J connectivity index is 2.07. The number of benzene rings is 1. The highest BCUT2D eigenvalue weighted by molar-refractivity contribution is 8.15. The van der Waals surface area contributed by atoms with Gasteiger partial charge in [-0.3, -0.25) is 4.79 Å². The van der Waals surface area contributed by atoms with Gasteiger partial charge in [0.25, 0.3) is 0 Å². The lowest BCUT2D eigenvalue weighted by molar-refractivity contribution is -0.167. The van der Waals surface area contributed by atoms with Gasteiger partial charge in [-0.05, 0) is 70.9 Å². The number of carbonyl (C=O) groups excluding carboxylic acids is 2. The van der Waals surface area contributed by atoms with Gasteiger partial charge in [0.05, 0.1) is 25.0 Å².